The van der Waals surface area contributed by atoms with Crippen molar-refractivity contribution in [3.05, 3.63) is 54.1 Å². The van der Waals surface area contributed by atoms with Gasteiger partial charge < -0.3 is 15.0 Å². The third kappa shape index (κ3) is 5.33. The summed E-state index contributed by atoms with van der Waals surface area (Å²) >= 11 is 0. The van der Waals surface area contributed by atoms with Crippen LogP contribution in [0.15, 0.2) is 48.5 Å². The number of benzene rings is 2. The third-order valence-corrected chi connectivity index (χ3v) is 4.95. The highest BCUT2D eigenvalue weighted by atomic mass is 16.5. The van der Waals surface area contributed by atoms with E-state index >= 15 is 0 Å². The largest absolute Gasteiger partial charge is 0.497 e. The van der Waals surface area contributed by atoms with Gasteiger partial charge in [-0.25, -0.2) is 0 Å². The Bertz CT molecular complexity index is 820. The van der Waals surface area contributed by atoms with Crippen LogP contribution in [0.1, 0.15) is 23.7 Å². The number of anilines is 2. The Labute approximate surface area is 166 Å². The highest BCUT2D eigenvalue weighted by molar-refractivity contribution is 5.97. The highest BCUT2D eigenvalue weighted by Gasteiger charge is 2.17. The molecule has 6 nitrogen and oxygen atoms in total. The first-order valence-corrected chi connectivity index (χ1v) is 9.57. The van der Waals surface area contributed by atoms with Crippen LogP contribution >= 0.6 is 0 Å². The Morgan fingerprint density at radius 2 is 1.82 bits per heavy atom. The Kier molecular flexibility index (Phi) is 6.66. The van der Waals surface area contributed by atoms with E-state index in [0.29, 0.717) is 17.8 Å². The molecule has 1 N–H and O–H groups in total. The van der Waals surface area contributed by atoms with Crippen LogP contribution in [0.2, 0.25) is 0 Å². The Hall–Kier alpha value is -2.86. The molecule has 2 aromatic carbocycles. The van der Waals surface area contributed by atoms with E-state index in [9.17, 15) is 9.59 Å². The summed E-state index contributed by atoms with van der Waals surface area (Å²) in [5.74, 6) is 0.784. The molecule has 1 aliphatic rings. The summed E-state index contributed by atoms with van der Waals surface area (Å²) in [6.45, 7) is 5.42. The molecule has 1 amide bonds. The zero-order chi connectivity index (χ0) is 19.9. The van der Waals surface area contributed by atoms with E-state index < -0.39 is 0 Å². The Morgan fingerprint density at radius 3 is 2.54 bits per heavy atom. The number of hydrogen-bond donors (Lipinski definition) is 1. The lowest BCUT2D eigenvalue weighted by Crippen LogP contribution is -2.36. The van der Waals surface area contributed by atoms with E-state index in [1.165, 1.54) is 12.6 Å². The number of Topliss-reactive ketones (excluding diaryl/α,β-unsaturated/α-hetero) is 1. The molecule has 3 rings (SSSR count). The van der Waals surface area contributed by atoms with E-state index in [1.807, 2.05) is 12.1 Å². The maximum Gasteiger partial charge on any atom is 0.238 e. The molecular formula is C22H27N3O3. The molecule has 28 heavy (non-hydrogen) atoms. The monoisotopic (exact) mass is 381 g/mol. The highest BCUT2D eigenvalue weighted by Crippen LogP contribution is 2.20. The normalized spacial score (nSPS) is 15.0. The molecule has 148 valence electrons. The summed E-state index contributed by atoms with van der Waals surface area (Å²) in [5.41, 5.74) is 2.43. The SMILES string of the molecule is COc1ccc(N2CCCN(CC(=O)Nc3cccc(C(C)=O)c3)CC2)cc1. The molecular weight excluding hydrogens is 354 g/mol. The Morgan fingerprint density at radius 1 is 1.04 bits per heavy atom. The second-order valence-electron chi connectivity index (χ2n) is 7.00. The van der Waals surface area contributed by atoms with Crippen LogP contribution in [0.5, 0.6) is 5.75 Å². The number of rotatable bonds is 6. The van der Waals surface area contributed by atoms with Gasteiger partial charge in [-0.2, -0.15) is 0 Å². The predicted molar refractivity (Wildman–Crippen MR) is 111 cm³/mol. The van der Waals surface area contributed by atoms with E-state index in [-0.39, 0.29) is 11.7 Å². The number of ketones is 1. The quantitative estimate of drug-likeness (QED) is 0.780. The zero-order valence-corrected chi connectivity index (χ0v) is 16.5. The number of hydrogen-bond acceptors (Lipinski definition) is 5. The molecule has 1 fully saturated rings. The summed E-state index contributed by atoms with van der Waals surface area (Å²) in [7, 11) is 1.67. The Balaban J connectivity index is 1.53. The van der Waals surface area contributed by atoms with Gasteiger partial charge in [-0.05, 0) is 49.7 Å². The number of carbonyl (C=O) groups excluding carboxylic acids is 2. The molecule has 0 saturated carbocycles. The number of methoxy groups -OCH3 is 1. The lowest BCUT2D eigenvalue weighted by Gasteiger charge is -2.23. The van der Waals surface area contributed by atoms with Crippen LogP contribution in [-0.4, -0.2) is 56.4 Å². The van der Waals surface area contributed by atoms with Crippen molar-refractivity contribution >= 4 is 23.1 Å². The molecule has 6 heteroatoms. The lowest BCUT2D eigenvalue weighted by molar-refractivity contribution is -0.117. The summed E-state index contributed by atoms with van der Waals surface area (Å²) in [6, 6.07) is 15.1. The fourth-order valence-corrected chi connectivity index (χ4v) is 3.40. The van der Waals surface area contributed by atoms with Gasteiger partial charge in [-0.1, -0.05) is 12.1 Å². The molecule has 0 radical (unpaired) electrons. The average molecular weight is 381 g/mol. The fourth-order valence-electron chi connectivity index (χ4n) is 3.40. The van der Waals surface area contributed by atoms with Crippen LogP contribution in [0.4, 0.5) is 11.4 Å². The molecule has 0 bridgehead atoms. The van der Waals surface area contributed by atoms with Gasteiger partial charge in [0.05, 0.1) is 13.7 Å². The van der Waals surface area contributed by atoms with Crippen molar-refractivity contribution in [1.82, 2.24) is 4.90 Å². The second-order valence-corrected chi connectivity index (χ2v) is 7.00. The van der Waals surface area contributed by atoms with Crippen molar-refractivity contribution < 1.29 is 14.3 Å². The van der Waals surface area contributed by atoms with Gasteiger partial charge in [0.2, 0.25) is 5.91 Å². The molecule has 0 atom stereocenters. The van der Waals surface area contributed by atoms with Gasteiger partial charge >= 0.3 is 0 Å². The molecule has 0 aliphatic carbocycles. The van der Waals surface area contributed by atoms with E-state index in [4.69, 9.17) is 4.74 Å². The van der Waals surface area contributed by atoms with Crippen LogP contribution in [-0.2, 0) is 4.79 Å². The summed E-state index contributed by atoms with van der Waals surface area (Å²) in [6.07, 6.45) is 0.999. The van der Waals surface area contributed by atoms with Gasteiger partial charge in [0.15, 0.2) is 5.78 Å². The van der Waals surface area contributed by atoms with Crippen LogP contribution in [0.25, 0.3) is 0 Å². The number of carbonyl (C=O) groups is 2. The van der Waals surface area contributed by atoms with E-state index in [1.54, 1.807) is 31.4 Å². The number of ether oxygens (including phenoxy) is 1. The van der Waals surface area contributed by atoms with Crippen LogP contribution in [0, 0.1) is 0 Å². The van der Waals surface area contributed by atoms with E-state index in [0.717, 1.165) is 38.3 Å². The first-order chi connectivity index (χ1) is 13.5. The fraction of sp³-hybridized carbons (Fsp3) is 0.364. The maximum atomic E-state index is 12.4. The first kappa shape index (κ1) is 19.9. The number of amides is 1. The molecule has 0 aromatic heterocycles. The van der Waals surface area contributed by atoms with Crippen molar-refractivity contribution in [1.29, 1.82) is 0 Å². The van der Waals surface area contributed by atoms with Gasteiger partial charge in [0, 0.05) is 43.1 Å². The molecule has 0 unspecified atom stereocenters. The van der Waals surface area contributed by atoms with Gasteiger partial charge in [0.1, 0.15) is 5.75 Å². The second kappa shape index (κ2) is 9.37. The van der Waals surface area contributed by atoms with Crippen molar-refractivity contribution in [3.8, 4) is 5.75 Å². The number of nitrogens with one attached hydrogen (secondary N) is 1. The maximum absolute atomic E-state index is 12.4. The van der Waals surface area contributed by atoms with Crippen LogP contribution in [0.3, 0.4) is 0 Å². The van der Waals surface area contributed by atoms with Gasteiger partial charge in [-0.15, -0.1) is 0 Å². The number of nitrogens with zero attached hydrogens (tertiary/aromatic N) is 2. The molecule has 1 saturated heterocycles. The summed E-state index contributed by atoms with van der Waals surface area (Å²) in [5, 5.41) is 2.90. The van der Waals surface area contributed by atoms with Crippen molar-refractivity contribution in [3.63, 3.8) is 0 Å². The minimum atomic E-state index is -0.0569. The minimum Gasteiger partial charge on any atom is -0.497 e. The summed E-state index contributed by atoms with van der Waals surface area (Å²) < 4.78 is 5.22. The zero-order valence-electron chi connectivity index (χ0n) is 16.5. The first-order valence-electron chi connectivity index (χ1n) is 9.57. The average Bonchev–Trinajstić information content (AvgIpc) is 2.93. The summed E-state index contributed by atoms with van der Waals surface area (Å²) in [4.78, 5) is 28.4. The molecule has 1 heterocycles. The van der Waals surface area contributed by atoms with Crippen molar-refractivity contribution in [2.24, 2.45) is 0 Å². The van der Waals surface area contributed by atoms with Gasteiger partial charge in [0.25, 0.3) is 0 Å². The lowest BCUT2D eigenvalue weighted by atomic mass is 10.1. The smallest absolute Gasteiger partial charge is 0.238 e. The molecule has 2 aromatic rings. The topological polar surface area (TPSA) is 61.9 Å². The van der Waals surface area contributed by atoms with Crippen molar-refractivity contribution in [2.75, 3.05) is 50.1 Å². The minimum absolute atomic E-state index is 0.0118. The van der Waals surface area contributed by atoms with E-state index in [2.05, 4.69) is 27.2 Å². The molecule has 0 spiro atoms. The predicted octanol–water partition coefficient (Wildman–Crippen LogP) is 3.05. The molecule has 1 aliphatic heterocycles. The van der Waals surface area contributed by atoms with Gasteiger partial charge in [-0.3, -0.25) is 14.5 Å². The standard InChI is InChI=1S/C22H27N3O3/c1-17(26)18-5-3-6-19(15-18)23-22(27)16-24-11-4-12-25(14-13-24)20-7-9-21(28-2)10-8-20/h3,5-10,15H,4,11-14,16H2,1-2H3,(H,23,27). The third-order valence-electron chi connectivity index (χ3n) is 4.95. The van der Waals surface area contributed by atoms with Crippen LogP contribution < -0.4 is 15.0 Å². The van der Waals surface area contributed by atoms with Crippen molar-refractivity contribution in [2.45, 2.75) is 13.3 Å².